The van der Waals surface area contributed by atoms with Crippen LogP contribution in [0.3, 0.4) is 0 Å². The van der Waals surface area contributed by atoms with Crippen LogP contribution in [0.4, 0.5) is 0 Å². The Morgan fingerprint density at radius 3 is 2.61 bits per heavy atom. The fourth-order valence-electron chi connectivity index (χ4n) is 1.47. The molecular formula is C12H16ClNO3S. The van der Waals surface area contributed by atoms with Crippen LogP contribution in [-0.2, 0) is 9.05 Å². The molecule has 0 aromatic heterocycles. The molecule has 18 heavy (non-hydrogen) atoms. The van der Waals surface area contributed by atoms with Crippen LogP contribution < -0.4 is 5.32 Å². The van der Waals surface area contributed by atoms with Crippen LogP contribution in [0.5, 0.6) is 0 Å². The molecule has 1 amide bonds. The van der Waals surface area contributed by atoms with Gasteiger partial charge in [-0.1, -0.05) is 19.4 Å². The molecule has 0 aliphatic carbocycles. The minimum absolute atomic E-state index is 0.0598. The summed E-state index contributed by atoms with van der Waals surface area (Å²) in [5.41, 5.74) is 1.06. The first-order chi connectivity index (χ1) is 8.36. The van der Waals surface area contributed by atoms with Crippen LogP contribution in [0.2, 0.25) is 0 Å². The van der Waals surface area contributed by atoms with Gasteiger partial charge in [0.05, 0.1) is 4.90 Å². The first kappa shape index (κ1) is 15.0. The topological polar surface area (TPSA) is 63.2 Å². The molecule has 0 heterocycles. The Kier molecular flexibility index (Phi) is 5.16. The highest BCUT2D eigenvalue weighted by atomic mass is 35.7. The van der Waals surface area contributed by atoms with Crippen molar-refractivity contribution in [3.05, 3.63) is 29.3 Å². The zero-order valence-electron chi connectivity index (χ0n) is 10.4. The molecule has 0 aliphatic heterocycles. The SMILES string of the molecule is CCCCNC(=O)c1cc(S(=O)(=O)Cl)ccc1C. The summed E-state index contributed by atoms with van der Waals surface area (Å²) in [7, 11) is 1.45. The van der Waals surface area contributed by atoms with Crippen molar-refractivity contribution in [1.82, 2.24) is 5.32 Å². The van der Waals surface area contributed by atoms with Crippen LogP contribution >= 0.6 is 10.7 Å². The maximum Gasteiger partial charge on any atom is 0.261 e. The molecule has 0 saturated carbocycles. The number of halogens is 1. The van der Waals surface area contributed by atoms with Gasteiger partial charge in [0, 0.05) is 22.8 Å². The van der Waals surface area contributed by atoms with Gasteiger partial charge < -0.3 is 5.32 Å². The standard InChI is InChI=1S/C12H16ClNO3S/c1-3-4-7-14-12(15)11-8-10(18(13,16)17)6-5-9(11)2/h5-6,8H,3-4,7H2,1-2H3,(H,14,15). The van der Waals surface area contributed by atoms with Crippen LogP contribution in [0.25, 0.3) is 0 Å². The average molecular weight is 290 g/mol. The largest absolute Gasteiger partial charge is 0.352 e. The molecule has 0 unspecified atom stereocenters. The average Bonchev–Trinajstić information content (AvgIpc) is 2.28. The number of benzene rings is 1. The highest BCUT2D eigenvalue weighted by molar-refractivity contribution is 8.13. The van der Waals surface area contributed by atoms with Gasteiger partial charge in [-0.25, -0.2) is 8.42 Å². The number of unbranched alkanes of at least 4 members (excludes halogenated alkanes) is 1. The number of carbonyl (C=O) groups excluding carboxylic acids is 1. The first-order valence-electron chi connectivity index (χ1n) is 5.69. The molecule has 0 saturated heterocycles. The van der Waals surface area contributed by atoms with E-state index in [1.807, 2.05) is 6.92 Å². The lowest BCUT2D eigenvalue weighted by atomic mass is 10.1. The molecule has 1 N–H and O–H groups in total. The number of amides is 1. The number of nitrogens with one attached hydrogen (secondary N) is 1. The van der Waals surface area contributed by atoms with E-state index in [0.29, 0.717) is 17.7 Å². The van der Waals surface area contributed by atoms with Crippen LogP contribution in [-0.4, -0.2) is 20.9 Å². The lowest BCUT2D eigenvalue weighted by Crippen LogP contribution is -2.25. The van der Waals surface area contributed by atoms with E-state index >= 15 is 0 Å². The molecule has 6 heteroatoms. The summed E-state index contributed by atoms with van der Waals surface area (Å²) in [6, 6.07) is 4.27. The fraction of sp³-hybridized carbons (Fsp3) is 0.417. The van der Waals surface area contributed by atoms with Crippen molar-refractivity contribution in [2.24, 2.45) is 0 Å². The Labute approximate surface area is 112 Å². The van der Waals surface area contributed by atoms with Gasteiger partial charge in [0.25, 0.3) is 15.0 Å². The Hall–Kier alpha value is -1.07. The molecular weight excluding hydrogens is 274 g/mol. The van der Waals surface area contributed by atoms with Crippen molar-refractivity contribution < 1.29 is 13.2 Å². The van der Waals surface area contributed by atoms with E-state index in [-0.39, 0.29) is 10.8 Å². The van der Waals surface area contributed by atoms with Crippen molar-refractivity contribution in [3.63, 3.8) is 0 Å². The molecule has 0 atom stereocenters. The quantitative estimate of drug-likeness (QED) is 0.669. The van der Waals surface area contributed by atoms with E-state index in [4.69, 9.17) is 10.7 Å². The second kappa shape index (κ2) is 6.20. The normalized spacial score (nSPS) is 11.3. The second-order valence-corrected chi connectivity index (χ2v) is 6.59. The minimum atomic E-state index is -3.81. The van der Waals surface area contributed by atoms with E-state index in [2.05, 4.69) is 5.32 Å². The highest BCUT2D eigenvalue weighted by Gasteiger charge is 2.15. The van der Waals surface area contributed by atoms with Gasteiger partial charge in [-0.2, -0.15) is 0 Å². The Morgan fingerprint density at radius 1 is 1.39 bits per heavy atom. The zero-order valence-corrected chi connectivity index (χ0v) is 11.9. The number of aryl methyl sites for hydroxylation is 1. The smallest absolute Gasteiger partial charge is 0.261 e. The third kappa shape index (κ3) is 3.99. The van der Waals surface area contributed by atoms with Crippen molar-refractivity contribution in [2.45, 2.75) is 31.6 Å². The summed E-state index contributed by atoms with van der Waals surface area (Å²) in [6.07, 6.45) is 1.87. The Bertz CT molecular complexity index is 540. The van der Waals surface area contributed by atoms with Gasteiger partial charge in [0.2, 0.25) is 0 Å². The summed E-state index contributed by atoms with van der Waals surface area (Å²) in [5, 5.41) is 2.74. The van der Waals surface area contributed by atoms with E-state index in [9.17, 15) is 13.2 Å². The number of carbonyl (C=O) groups is 1. The maximum atomic E-state index is 11.9. The summed E-state index contributed by atoms with van der Waals surface area (Å²) in [4.78, 5) is 11.8. The summed E-state index contributed by atoms with van der Waals surface area (Å²) < 4.78 is 22.4. The molecule has 0 radical (unpaired) electrons. The van der Waals surface area contributed by atoms with E-state index in [1.54, 1.807) is 13.0 Å². The number of hydrogen-bond donors (Lipinski definition) is 1. The zero-order chi connectivity index (χ0) is 13.8. The van der Waals surface area contributed by atoms with Crippen LogP contribution in [0.1, 0.15) is 35.7 Å². The summed E-state index contributed by atoms with van der Waals surface area (Å²) in [6.45, 7) is 4.35. The van der Waals surface area contributed by atoms with Crippen molar-refractivity contribution >= 4 is 25.6 Å². The summed E-state index contributed by atoms with van der Waals surface area (Å²) in [5.74, 6) is -0.275. The predicted octanol–water partition coefficient (Wildman–Crippen LogP) is 2.45. The van der Waals surface area contributed by atoms with Crippen molar-refractivity contribution in [2.75, 3.05) is 6.54 Å². The molecule has 0 bridgehead atoms. The number of rotatable bonds is 5. The molecule has 100 valence electrons. The maximum absolute atomic E-state index is 11.9. The van der Waals surface area contributed by atoms with Gasteiger partial charge in [0.1, 0.15) is 0 Å². The van der Waals surface area contributed by atoms with Crippen LogP contribution in [0, 0.1) is 6.92 Å². The lowest BCUT2D eigenvalue weighted by molar-refractivity contribution is 0.0952. The molecule has 1 aromatic rings. The Morgan fingerprint density at radius 2 is 2.06 bits per heavy atom. The van der Waals surface area contributed by atoms with Crippen molar-refractivity contribution in [3.8, 4) is 0 Å². The summed E-state index contributed by atoms with van der Waals surface area (Å²) >= 11 is 0. The lowest BCUT2D eigenvalue weighted by Gasteiger charge is -2.08. The second-order valence-electron chi connectivity index (χ2n) is 4.02. The van der Waals surface area contributed by atoms with Gasteiger partial charge in [0.15, 0.2) is 0 Å². The molecule has 0 aliphatic rings. The minimum Gasteiger partial charge on any atom is -0.352 e. The van der Waals surface area contributed by atoms with Gasteiger partial charge in [-0.05, 0) is 31.0 Å². The Balaban J connectivity index is 2.97. The molecule has 0 spiro atoms. The van der Waals surface area contributed by atoms with E-state index < -0.39 is 9.05 Å². The fourth-order valence-corrected chi connectivity index (χ4v) is 2.25. The third-order valence-corrected chi connectivity index (χ3v) is 3.90. The van der Waals surface area contributed by atoms with Crippen molar-refractivity contribution in [1.29, 1.82) is 0 Å². The number of hydrogen-bond acceptors (Lipinski definition) is 3. The molecule has 0 fully saturated rings. The molecule has 1 aromatic carbocycles. The van der Waals surface area contributed by atoms with Gasteiger partial charge >= 0.3 is 0 Å². The predicted molar refractivity (Wildman–Crippen MR) is 71.5 cm³/mol. The van der Waals surface area contributed by atoms with Gasteiger partial charge in [-0.3, -0.25) is 4.79 Å². The van der Waals surface area contributed by atoms with E-state index in [1.165, 1.54) is 12.1 Å². The van der Waals surface area contributed by atoms with Gasteiger partial charge in [-0.15, -0.1) is 0 Å². The first-order valence-corrected chi connectivity index (χ1v) is 8.00. The van der Waals surface area contributed by atoms with Crippen LogP contribution in [0.15, 0.2) is 23.1 Å². The third-order valence-electron chi connectivity index (χ3n) is 2.55. The van der Waals surface area contributed by atoms with E-state index in [0.717, 1.165) is 12.8 Å². The highest BCUT2D eigenvalue weighted by Crippen LogP contribution is 2.19. The monoisotopic (exact) mass is 289 g/mol. The molecule has 4 nitrogen and oxygen atoms in total. The molecule has 1 rings (SSSR count).